The molecule has 1 aliphatic rings. The molecule has 0 radical (unpaired) electrons. The average molecular weight is 285 g/mol. The summed E-state index contributed by atoms with van der Waals surface area (Å²) in [5, 5.41) is 0. The highest BCUT2D eigenvalue weighted by atomic mass is 16.1. The molecule has 1 aliphatic heterocycles. The number of aromatic nitrogens is 2. The topological polar surface area (TPSA) is 37.6 Å². The van der Waals surface area contributed by atoms with E-state index in [1.807, 2.05) is 25.3 Å². The van der Waals surface area contributed by atoms with E-state index in [-0.39, 0.29) is 5.56 Å². The van der Waals surface area contributed by atoms with E-state index in [9.17, 15) is 4.79 Å². The average Bonchev–Trinajstić information content (AvgIpc) is 2.49. The fourth-order valence-electron chi connectivity index (χ4n) is 3.28. The smallest absolute Gasteiger partial charge is 0.258 e. The van der Waals surface area contributed by atoms with Crippen molar-refractivity contribution < 1.29 is 0 Å². The lowest BCUT2D eigenvalue weighted by Gasteiger charge is -2.34. The van der Waals surface area contributed by atoms with Crippen molar-refractivity contribution in [2.45, 2.75) is 52.1 Å². The summed E-state index contributed by atoms with van der Waals surface area (Å²) in [5.41, 5.74) is 2.72. The number of piperidine rings is 1. The van der Waals surface area contributed by atoms with Crippen LogP contribution in [0.2, 0.25) is 0 Å². The van der Waals surface area contributed by atoms with Gasteiger partial charge in [-0.2, -0.15) is 0 Å². The Morgan fingerprint density at radius 3 is 3.00 bits per heavy atom. The Hall–Kier alpha value is -1.68. The molecule has 0 N–H and O–H groups in total. The number of rotatable bonds is 3. The quantitative estimate of drug-likeness (QED) is 0.870. The summed E-state index contributed by atoms with van der Waals surface area (Å²) in [4.78, 5) is 19.4. The van der Waals surface area contributed by atoms with E-state index >= 15 is 0 Å². The van der Waals surface area contributed by atoms with Crippen LogP contribution in [0.4, 0.5) is 0 Å². The summed E-state index contributed by atoms with van der Waals surface area (Å²) >= 11 is 0. The molecule has 0 spiro atoms. The van der Waals surface area contributed by atoms with Crippen LogP contribution in [0.15, 0.2) is 29.2 Å². The van der Waals surface area contributed by atoms with Crippen molar-refractivity contribution in [3.05, 3.63) is 46.0 Å². The number of hydrogen-bond donors (Lipinski definition) is 0. The monoisotopic (exact) mass is 285 g/mol. The number of aryl methyl sites for hydroxylation is 1. The zero-order valence-corrected chi connectivity index (χ0v) is 12.9. The van der Waals surface area contributed by atoms with Crippen LogP contribution in [0, 0.1) is 6.92 Å². The molecular weight excluding hydrogens is 262 g/mol. The second-order valence-corrected chi connectivity index (χ2v) is 6.05. The van der Waals surface area contributed by atoms with Crippen LogP contribution in [0.1, 0.15) is 43.9 Å². The minimum atomic E-state index is 0.0174. The van der Waals surface area contributed by atoms with E-state index in [4.69, 9.17) is 0 Å². The maximum Gasteiger partial charge on any atom is 0.258 e. The molecule has 2 aromatic heterocycles. The number of pyridine rings is 1. The third-order valence-electron chi connectivity index (χ3n) is 4.45. The van der Waals surface area contributed by atoms with Crippen molar-refractivity contribution in [1.82, 2.24) is 14.3 Å². The first-order valence-corrected chi connectivity index (χ1v) is 7.90. The summed E-state index contributed by atoms with van der Waals surface area (Å²) in [6.45, 7) is 6.14. The van der Waals surface area contributed by atoms with Crippen LogP contribution in [0.25, 0.3) is 5.65 Å². The molecular formula is C17H23N3O. The molecule has 0 aliphatic carbocycles. The molecule has 1 saturated heterocycles. The summed E-state index contributed by atoms with van der Waals surface area (Å²) in [5.74, 6) is 0. The fourth-order valence-corrected chi connectivity index (χ4v) is 3.28. The van der Waals surface area contributed by atoms with Gasteiger partial charge in [0.25, 0.3) is 5.56 Å². The van der Waals surface area contributed by atoms with Crippen molar-refractivity contribution in [3.8, 4) is 0 Å². The van der Waals surface area contributed by atoms with Gasteiger partial charge in [0.15, 0.2) is 0 Å². The van der Waals surface area contributed by atoms with Gasteiger partial charge < -0.3 is 0 Å². The van der Waals surface area contributed by atoms with Gasteiger partial charge in [0, 0.05) is 24.8 Å². The molecule has 2 aromatic rings. The third kappa shape index (κ3) is 3.00. The summed E-state index contributed by atoms with van der Waals surface area (Å²) < 4.78 is 1.63. The Bertz CT molecular complexity index is 692. The molecule has 0 saturated carbocycles. The third-order valence-corrected chi connectivity index (χ3v) is 4.45. The minimum absolute atomic E-state index is 0.0174. The van der Waals surface area contributed by atoms with E-state index in [0.29, 0.717) is 6.04 Å². The normalized spacial score (nSPS) is 20.0. The molecule has 4 heteroatoms. The van der Waals surface area contributed by atoms with Crippen molar-refractivity contribution in [2.24, 2.45) is 0 Å². The van der Waals surface area contributed by atoms with Gasteiger partial charge >= 0.3 is 0 Å². The molecule has 0 aromatic carbocycles. The van der Waals surface area contributed by atoms with Crippen molar-refractivity contribution >= 4 is 5.65 Å². The molecule has 112 valence electrons. The highest BCUT2D eigenvalue weighted by Gasteiger charge is 2.21. The Labute approximate surface area is 125 Å². The predicted octanol–water partition coefficient (Wildman–Crippen LogP) is 2.77. The Morgan fingerprint density at radius 2 is 2.19 bits per heavy atom. The second kappa shape index (κ2) is 5.98. The zero-order chi connectivity index (χ0) is 14.8. The molecule has 0 amide bonds. The molecule has 1 fully saturated rings. The van der Waals surface area contributed by atoms with Crippen LogP contribution in [0.3, 0.4) is 0 Å². The first-order chi connectivity index (χ1) is 10.2. The Morgan fingerprint density at radius 1 is 1.33 bits per heavy atom. The maximum atomic E-state index is 12.2. The zero-order valence-electron chi connectivity index (χ0n) is 12.9. The van der Waals surface area contributed by atoms with Crippen LogP contribution < -0.4 is 5.56 Å². The molecule has 1 atom stereocenters. The van der Waals surface area contributed by atoms with Gasteiger partial charge in [-0.15, -0.1) is 0 Å². The van der Waals surface area contributed by atoms with Gasteiger partial charge in [-0.3, -0.25) is 14.1 Å². The summed E-state index contributed by atoms with van der Waals surface area (Å²) in [6, 6.07) is 6.25. The van der Waals surface area contributed by atoms with Crippen LogP contribution in [0.5, 0.6) is 0 Å². The van der Waals surface area contributed by atoms with E-state index < -0.39 is 0 Å². The SMILES string of the molecule is CCC1CCCCN1Cc1cc(=O)n2cc(C)ccc2n1. The first kappa shape index (κ1) is 14.3. The van der Waals surface area contributed by atoms with Crippen LogP contribution >= 0.6 is 0 Å². The van der Waals surface area contributed by atoms with Crippen molar-refractivity contribution in [1.29, 1.82) is 0 Å². The molecule has 4 nitrogen and oxygen atoms in total. The molecule has 1 unspecified atom stereocenters. The van der Waals surface area contributed by atoms with Gasteiger partial charge in [0.1, 0.15) is 5.65 Å². The summed E-state index contributed by atoms with van der Waals surface area (Å²) in [6.07, 6.45) is 6.86. The van der Waals surface area contributed by atoms with Gasteiger partial charge in [-0.05, 0) is 44.4 Å². The number of nitrogens with zero attached hydrogens (tertiary/aromatic N) is 3. The maximum absolute atomic E-state index is 12.2. The highest BCUT2D eigenvalue weighted by molar-refractivity contribution is 5.39. The Kier molecular flexibility index (Phi) is 4.06. The van der Waals surface area contributed by atoms with Gasteiger partial charge in [-0.1, -0.05) is 19.4 Å². The lowest BCUT2D eigenvalue weighted by molar-refractivity contribution is 0.134. The molecule has 21 heavy (non-hydrogen) atoms. The van der Waals surface area contributed by atoms with E-state index in [0.717, 1.165) is 30.0 Å². The summed E-state index contributed by atoms with van der Waals surface area (Å²) in [7, 11) is 0. The van der Waals surface area contributed by atoms with Gasteiger partial charge in [-0.25, -0.2) is 4.98 Å². The highest BCUT2D eigenvalue weighted by Crippen LogP contribution is 2.21. The lowest BCUT2D eigenvalue weighted by atomic mass is 10.00. The van der Waals surface area contributed by atoms with E-state index in [1.54, 1.807) is 10.5 Å². The van der Waals surface area contributed by atoms with E-state index in [2.05, 4.69) is 16.8 Å². The Balaban J connectivity index is 1.90. The largest absolute Gasteiger partial charge is 0.295 e. The van der Waals surface area contributed by atoms with Crippen LogP contribution in [-0.4, -0.2) is 26.9 Å². The number of fused-ring (bicyclic) bond motifs is 1. The predicted molar refractivity (Wildman–Crippen MR) is 84.5 cm³/mol. The van der Waals surface area contributed by atoms with Gasteiger partial charge in [0.2, 0.25) is 0 Å². The lowest BCUT2D eigenvalue weighted by Crippen LogP contribution is -2.39. The van der Waals surface area contributed by atoms with Crippen LogP contribution in [-0.2, 0) is 6.54 Å². The van der Waals surface area contributed by atoms with Crippen molar-refractivity contribution in [2.75, 3.05) is 6.54 Å². The molecule has 0 bridgehead atoms. The fraction of sp³-hybridized carbons (Fsp3) is 0.529. The molecule has 3 heterocycles. The van der Waals surface area contributed by atoms with E-state index in [1.165, 1.54) is 25.7 Å². The first-order valence-electron chi connectivity index (χ1n) is 7.90. The van der Waals surface area contributed by atoms with Gasteiger partial charge in [0.05, 0.1) is 5.69 Å². The van der Waals surface area contributed by atoms with Crippen molar-refractivity contribution in [3.63, 3.8) is 0 Å². The standard InChI is InChI=1S/C17H23N3O/c1-3-15-6-4-5-9-19(15)12-14-10-17(21)20-11-13(2)7-8-16(20)18-14/h7-8,10-11,15H,3-6,9,12H2,1-2H3. The minimum Gasteiger partial charge on any atom is -0.295 e. The molecule has 3 rings (SSSR count). The second-order valence-electron chi connectivity index (χ2n) is 6.05. The number of likely N-dealkylation sites (tertiary alicyclic amines) is 1. The number of hydrogen-bond acceptors (Lipinski definition) is 3.